The number of rotatable bonds is 3. The van der Waals surface area contributed by atoms with E-state index in [2.05, 4.69) is 11.1 Å². The lowest BCUT2D eigenvalue weighted by molar-refractivity contribution is -0.142. The minimum atomic E-state index is -0.640. The fourth-order valence-corrected chi connectivity index (χ4v) is 3.90. The molecular formula is C14H15NO2S. The first-order valence-electron chi connectivity index (χ1n) is 6.31. The average Bonchev–Trinajstić information content (AvgIpc) is 2.94. The van der Waals surface area contributed by atoms with E-state index in [-0.39, 0.29) is 11.8 Å². The second-order valence-corrected chi connectivity index (χ2v) is 6.03. The summed E-state index contributed by atoms with van der Waals surface area (Å²) < 4.78 is 1.19. The molecule has 2 atom stereocenters. The highest BCUT2D eigenvalue weighted by Gasteiger charge is 2.33. The molecule has 0 spiro atoms. The molecule has 0 aliphatic heterocycles. The largest absolute Gasteiger partial charge is 0.481 e. The van der Waals surface area contributed by atoms with E-state index in [0.29, 0.717) is 0 Å². The molecule has 4 heteroatoms. The molecule has 94 valence electrons. The van der Waals surface area contributed by atoms with Crippen LogP contribution in [-0.4, -0.2) is 16.1 Å². The van der Waals surface area contributed by atoms with Crippen molar-refractivity contribution in [1.29, 1.82) is 0 Å². The van der Waals surface area contributed by atoms with Gasteiger partial charge in [-0.15, -0.1) is 11.3 Å². The maximum atomic E-state index is 11.2. The molecule has 1 aliphatic carbocycles. The van der Waals surface area contributed by atoms with Crippen LogP contribution in [0.25, 0.3) is 10.2 Å². The summed E-state index contributed by atoms with van der Waals surface area (Å²) in [7, 11) is 0. The highest BCUT2D eigenvalue weighted by atomic mass is 32.1. The van der Waals surface area contributed by atoms with Crippen LogP contribution in [0.3, 0.4) is 0 Å². The highest BCUT2D eigenvalue weighted by Crippen LogP contribution is 2.35. The smallest absolute Gasteiger partial charge is 0.306 e. The number of thiazole rings is 1. The van der Waals surface area contributed by atoms with Gasteiger partial charge in [-0.1, -0.05) is 18.6 Å². The predicted molar refractivity (Wildman–Crippen MR) is 71.8 cm³/mol. The topological polar surface area (TPSA) is 50.2 Å². The molecule has 2 unspecified atom stereocenters. The molecule has 1 aliphatic rings. The van der Waals surface area contributed by atoms with Crippen molar-refractivity contribution < 1.29 is 9.90 Å². The van der Waals surface area contributed by atoms with Gasteiger partial charge in [-0.3, -0.25) is 4.79 Å². The molecule has 18 heavy (non-hydrogen) atoms. The number of carbonyl (C=O) groups is 1. The lowest BCUT2D eigenvalue weighted by Crippen LogP contribution is -2.19. The van der Waals surface area contributed by atoms with Gasteiger partial charge >= 0.3 is 5.97 Å². The van der Waals surface area contributed by atoms with Crippen molar-refractivity contribution in [2.75, 3.05) is 0 Å². The molecule has 0 amide bonds. The number of carboxylic acids is 1. The van der Waals surface area contributed by atoms with E-state index in [1.807, 2.05) is 18.2 Å². The van der Waals surface area contributed by atoms with Crippen LogP contribution in [0, 0.1) is 11.8 Å². The van der Waals surface area contributed by atoms with Crippen molar-refractivity contribution >= 4 is 27.5 Å². The number of benzene rings is 1. The Labute approximate surface area is 109 Å². The van der Waals surface area contributed by atoms with Crippen molar-refractivity contribution in [1.82, 2.24) is 4.98 Å². The van der Waals surface area contributed by atoms with Crippen LogP contribution < -0.4 is 0 Å². The Morgan fingerprint density at radius 3 is 3.00 bits per heavy atom. The fraction of sp³-hybridized carbons (Fsp3) is 0.429. The number of hydrogen-bond acceptors (Lipinski definition) is 3. The summed E-state index contributed by atoms with van der Waals surface area (Å²) in [5.41, 5.74) is 1.03. The standard InChI is InChI=1S/C14H15NO2S/c16-14(17)10-5-3-4-9(10)8-13-15-11-6-1-2-7-12(11)18-13/h1-2,6-7,9-10H,3-5,8H2,(H,16,17). The molecule has 1 N–H and O–H groups in total. The second-order valence-electron chi connectivity index (χ2n) is 4.92. The molecular weight excluding hydrogens is 246 g/mol. The third-order valence-corrected chi connectivity index (χ3v) is 4.81. The number of para-hydroxylation sites is 1. The van der Waals surface area contributed by atoms with E-state index >= 15 is 0 Å². The second kappa shape index (κ2) is 4.69. The van der Waals surface area contributed by atoms with Crippen LogP contribution >= 0.6 is 11.3 Å². The van der Waals surface area contributed by atoms with Crippen LogP contribution in [0.5, 0.6) is 0 Å². The van der Waals surface area contributed by atoms with E-state index < -0.39 is 5.97 Å². The summed E-state index contributed by atoms with van der Waals surface area (Å²) >= 11 is 1.69. The van der Waals surface area contributed by atoms with Crippen molar-refractivity contribution in [2.45, 2.75) is 25.7 Å². The number of nitrogens with zero attached hydrogens (tertiary/aromatic N) is 1. The van der Waals surface area contributed by atoms with Gasteiger partial charge in [0.15, 0.2) is 0 Å². The Kier molecular flexibility index (Phi) is 3.04. The van der Waals surface area contributed by atoms with Crippen molar-refractivity contribution in [3.05, 3.63) is 29.3 Å². The molecule has 0 saturated heterocycles. The summed E-state index contributed by atoms with van der Waals surface area (Å²) in [6.45, 7) is 0. The highest BCUT2D eigenvalue weighted by molar-refractivity contribution is 7.18. The van der Waals surface area contributed by atoms with Crippen LogP contribution in [0.4, 0.5) is 0 Å². The Morgan fingerprint density at radius 2 is 2.22 bits per heavy atom. The molecule has 0 bridgehead atoms. The molecule has 1 heterocycles. The van der Waals surface area contributed by atoms with Crippen LogP contribution in [0.15, 0.2) is 24.3 Å². The number of carboxylic acid groups (broad SMARTS) is 1. The summed E-state index contributed by atoms with van der Waals surface area (Å²) in [6, 6.07) is 8.08. The molecule has 1 fully saturated rings. The molecule has 1 aromatic heterocycles. The van der Waals surface area contributed by atoms with Gasteiger partial charge < -0.3 is 5.11 Å². The molecule has 0 radical (unpaired) electrons. The lowest BCUT2D eigenvalue weighted by atomic mass is 9.93. The lowest BCUT2D eigenvalue weighted by Gasteiger charge is -2.13. The predicted octanol–water partition coefficient (Wildman–Crippen LogP) is 3.34. The molecule has 2 aromatic rings. The first-order valence-corrected chi connectivity index (χ1v) is 7.13. The SMILES string of the molecule is O=C(O)C1CCCC1Cc1nc2ccccc2s1. The van der Waals surface area contributed by atoms with Crippen LogP contribution in [0.2, 0.25) is 0 Å². The number of hydrogen-bond donors (Lipinski definition) is 1. The molecule has 3 rings (SSSR count). The van der Waals surface area contributed by atoms with Gasteiger partial charge in [-0.05, 0) is 30.9 Å². The third-order valence-electron chi connectivity index (χ3n) is 3.75. The van der Waals surface area contributed by atoms with Gasteiger partial charge in [0.2, 0.25) is 0 Å². The van der Waals surface area contributed by atoms with Gasteiger partial charge in [-0.25, -0.2) is 4.98 Å². The molecule has 3 nitrogen and oxygen atoms in total. The Balaban J connectivity index is 1.81. The summed E-state index contributed by atoms with van der Waals surface area (Å²) in [5.74, 6) is -0.543. The maximum Gasteiger partial charge on any atom is 0.306 e. The Bertz CT molecular complexity index is 545. The van der Waals surface area contributed by atoms with Gasteiger partial charge in [0.25, 0.3) is 0 Å². The van der Waals surface area contributed by atoms with Crippen molar-refractivity contribution in [2.24, 2.45) is 11.8 Å². The summed E-state index contributed by atoms with van der Waals surface area (Å²) in [5, 5.41) is 10.3. The first kappa shape index (κ1) is 11.7. The van der Waals surface area contributed by atoms with E-state index in [0.717, 1.165) is 36.2 Å². The molecule has 1 saturated carbocycles. The van der Waals surface area contributed by atoms with Gasteiger partial charge in [0, 0.05) is 6.42 Å². The number of fused-ring (bicyclic) bond motifs is 1. The maximum absolute atomic E-state index is 11.2. The number of aliphatic carboxylic acids is 1. The van der Waals surface area contributed by atoms with Crippen LogP contribution in [-0.2, 0) is 11.2 Å². The zero-order valence-electron chi connectivity index (χ0n) is 10.0. The van der Waals surface area contributed by atoms with E-state index in [1.54, 1.807) is 11.3 Å². The summed E-state index contributed by atoms with van der Waals surface area (Å²) in [4.78, 5) is 15.8. The molecule has 1 aromatic carbocycles. The Morgan fingerprint density at radius 1 is 1.39 bits per heavy atom. The quantitative estimate of drug-likeness (QED) is 0.922. The van der Waals surface area contributed by atoms with E-state index in [1.165, 1.54) is 4.70 Å². The number of aromatic nitrogens is 1. The zero-order valence-corrected chi connectivity index (χ0v) is 10.8. The third kappa shape index (κ3) is 2.12. The monoisotopic (exact) mass is 261 g/mol. The van der Waals surface area contributed by atoms with E-state index in [9.17, 15) is 9.90 Å². The average molecular weight is 261 g/mol. The Hall–Kier alpha value is -1.42. The minimum Gasteiger partial charge on any atom is -0.481 e. The van der Waals surface area contributed by atoms with Gasteiger partial charge in [0.05, 0.1) is 21.1 Å². The first-order chi connectivity index (χ1) is 8.74. The van der Waals surface area contributed by atoms with Gasteiger partial charge in [-0.2, -0.15) is 0 Å². The normalized spacial score (nSPS) is 23.6. The fourth-order valence-electron chi connectivity index (χ4n) is 2.84. The van der Waals surface area contributed by atoms with Crippen LogP contribution in [0.1, 0.15) is 24.3 Å². The minimum absolute atomic E-state index is 0.169. The van der Waals surface area contributed by atoms with Gasteiger partial charge in [0.1, 0.15) is 0 Å². The zero-order chi connectivity index (χ0) is 12.5. The van der Waals surface area contributed by atoms with Crippen molar-refractivity contribution in [3.8, 4) is 0 Å². The summed E-state index contributed by atoms with van der Waals surface area (Å²) in [6.07, 6.45) is 3.70. The van der Waals surface area contributed by atoms with E-state index in [4.69, 9.17) is 0 Å². The van der Waals surface area contributed by atoms with Crippen molar-refractivity contribution in [3.63, 3.8) is 0 Å².